The van der Waals surface area contributed by atoms with Gasteiger partial charge in [-0.3, -0.25) is 4.79 Å². The van der Waals surface area contributed by atoms with Crippen molar-refractivity contribution in [3.8, 4) is 21.5 Å². The number of aromatic nitrogens is 3. The van der Waals surface area contributed by atoms with E-state index in [0.29, 0.717) is 21.9 Å². The van der Waals surface area contributed by atoms with Crippen molar-refractivity contribution in [2.75, 3.05) is 5.32 Å². The average molecular weight is 417 g/mol. The first kappa shape index (κ1) is 17.8. The molecule has 27 heavy (non-hydrogen) atoms. The summed E-state index contributed by atoms with van der Waals surface area (Å²) >= 11 is 8.71. The summed E-state index contributed by atoms with van der Waals surface area (Å²) in [4.78, 5) is 22.8. The second-order valence-electron chi connectivity index (χ2n) is 5.69. The number of carbonyl (C=O) groups excluding carboxylic acids is 1. The number of anilines is 1. The molecule has 9 heteroatoms. The van der Waals surface area contributed by atoms with Gasteiger partial charge in [-0.15, -0.1) is 11.3 Å². The molecule has 0 aliphatic rings. The number of hydrogen-bond donors (Lipinski definition) is 1. The number of amides is 1. The fraction of sp³-hybridized carbons (Fsp3) is 0.111. The van der Waals surface area contributed by atoms with Crippen LogP contribution in [0.15, 0.2) is 46.3 Å². The van der Waals surface area contributed by atoms with Gasteiger partial charge in [0, 0.05) is 5.02 Å². The molecule has 0 spiro atoms. The number of nitrogens with zero attached hydrogens (tertiary/aromatic N) is 3. The van der Waals surface area contributed by atoms with Gasteiger partial charge in [-0.1, -0.05) is 46.3 Å². The van der Waals surface area contributed by atoms with E-state index < -0.39 is 0 Å². The molecule has 6 nitrogen and oxygen atoms in total. The third-order valence-electron chi connectivity index (χ3n) is 3.68. The van der Waals surface area contributed by atoms with E-state index in [1.807, 2.05) is 36.6 Å². The van der Waals surface area contributed by atoms with Crippen LogP contribution < -0.4 is 5.32 Å². The molecule has 0 fully saturated rings. The maximum Gasteiger partial charge on any atom is 0.270 e. The summed E-state index contributed by atoms with van der Waals surface area (Å²) in [6.07, 6.45) is 0.244. The highest BCUT2D eigenvalue weighted by atomic mass is 35.5. The average Bonchev–Trinajstić information content (AvgIpc) is 3.37. The number of carbonyl (C=O) groups is 1. The van der Waals surface area contributed by atoms with Crippen LogP contribution in [0.4, 0.5) is 5.13 Å². The smallest absolute Gasteiger partial charge is 0.270 e. The molecule has 1 N–H and O–H groups in total. The Morgan fingerprint density at radius 1 is 1.22 bits per heavy atom. The first-order valence-electron chi connectivity index (χ1n) is 7.98. The van der Waals surface area contributed by atoms with Gasteiger partial charge < -0.3 is 9.84 Å². The van der Waals surface area contributed by atoms with Crippen LogP contribution in [0.5, 0.6) is 0 Å². The fourth-order valence-electron chi connectivity index (χ4n) is 2.42. The second-order valence-corrected chi connectivity index (χ2v) is 8.07. The van der Waals surface area contributed by atoms with Crippen LogP contribution in [0.25, 0.3) is 21.5 Å². The van der Waals surface area contributed by atoms with Crippen molar-refractivity contribution >= 4 is 45.3 Å². The third-order valence-corrected chi connectivity index (χ3v) is 5.86. The van der Waals surface area contributed by atoms with E-state index in [9.17, 15) is 4.79 Å². The number of rotatable bonds is 5. The zero-order valence-corrected chi connectivity index (χ0v) is 16.5. The van der Waals surface area contributed by atoms with E-state index >= 15 is 0 Å². The molecular formula is C18H13ClN4O2S2. The van der Waals surface area contributed by atoms with Gasteiger partial charge in [0.1, 0.15) is 4.88 Å². The molecule has 0 unspecified atom stereocenters. The molecule has 0 atom stereocenters. The molecule has 0 saturated heterocycles. The van der Waals surface area contributed by atoms with Crippen molar-refractivity contribution in [1.29, 1.82) is 0 Å². The Bertz CT molecular complexity index is 1070. The van der Waals surface area contributed by atoms with E-state index in [1.54, 1.807) is 23.5 Å². The number of halogens is 1. The summed E-state index contributed by atoms with van der Waals surface area (Å²) in [5, 5.41) is 9.93. The lowest BCUT2D eigenvalue weighted by molar-refractivity contribution is -0.115. The minimum Gasteiger partial charge on any atom is -0.333 e. The Hall–Kier alpha value is -2.55. The predicted molar refractivity (Wildman–Crippen MR) is 107 cm³/mol. The van der Waals surface area contributed by atoms with Gasteiger partial charge in [-0.25, -0.2) is 4.98 Å². The topological polar surface area (TPSA) is 80.9 Å². The molecule has 136 valence electrons. The number of hydrogen-bond acceptors (Lipinski definition) is 7. The number of benzene rings is 1. The highest BCUT2D eigenvalue weighted by Crippen LogP contribution is 2.33. The summed E-state index contributed by atoms with van der Waals surface area (Å²) in [5.41, 5.74) is 1.60. The molecule has 1 aromatic carbocycles. The Balaban J connectivity index is 1.48. The Labute approximate surface area is 167 Å². The predicted octanol–water partition coefficient (Wildman–Crippen LogP) is 5.06. The van der Waals surface area contributed by atoms with Crippen LogP contribution in [-0.2, 0) is 11.2 Å². The molecule has 4 rings (SSSR count). The molecule has 4 aromatic rings. The van der Waals surface area contributed by atoms with Crippen LogP contribution in [0.3, 0.4) is 0 Å². The van der Waals surface area contributed by atoms with E-state index in [1.165, 1.54) is 11.3 Å². The maximum absolute atomic E-state index is 12.3. The quantitative estimate of drug-likeness (QED) is 0.491. The SMILES string of the molecule is Cc1nc(NC(=O)Cc2ccc(Cl)cc2)sc1-c1nc(-c2cccs2)no1. The second kappa shape index (κ2) is 7.59. The molecule has 0 saturated carbocycles. The number of aryl methyl sites for hydroxylation is 1. The monoisotopic (exact) mass is 416 g/mol. The van der Waals surface area contributed by atoms with Gasteiger partial charge in [0.25, 0.3) is 5.89 Å². The molecule has 0 radical (unpaired) electrons. The van der Waals surface area contributed by atoms with Crippen molar-refractivity contribution in [3.05, 3.63) is 58.1 Å². The van der Waals surface area contributed by atoms with Gasteiger partial charge in [0.05, 0.1) is 17.0 Å². The van der Waals surface area contributed by atoms with Crippen LogP contribution >= 0.6 is 34.3 Å². The molecular weight excluding hydrogens is 404 g/mol. The maximum atomic E-state index is 12.3. The number of thiazole rings is 1. The lowest BCUT2D eigenvalue weighted by atomic mass is 10.1. The Morgan fingerprint density at radius 2 is 2.04 bits per heavy atom. The van der Waals surface area contributed by atoms with Gasteiger partial charge in [-0.2, -0.15) is 4.98 Å². The minimum absolute atomic E-state index is 0.151. The van der Waals surface area contributed by atoms with Crippen molar-refractivity contribution in [3.63, 3.8) is 0 Å². The Kier molecular flexibility index (Phi) is 5.02. The van der Waals surface area contributed by atoms with E-state index in [2.05, 4.69) is 20.4 Å². The highest BCUT2D eigenvalue weighted by Gasteiger charge is 2.18. The number of nitrogens with one attached hydrogen (secondary N) is 1. The largest absolute Gasteiger partial charge is 0.333 e. The van der Waals surface area contributed by atoms with Crippen LogP contribution in [0, 0.1) is 6.92 Å². The summed E-state index contributed by atoms with van der Waals surface area (Å²) < 4.78 is 5.37. The summed E-state index contributed by atoms with van der Waals surface area (Å²) in [6.45, 7) is 1.84. The van der Waals surface area contributed by atoms with Crippen LogP contribution in [-0.4, -0.2) is 21.0 Å². The summed E-state index contributed by atoms with van der Waals surface area (Å²) in [7, 11) is 0. The van der Waals surface area contributed by atoms with Crippen molar-refractivity contribution in [2.24, 2.45) is 0 Å². The van der Waals surface area contributed by atoms with E-state index in [0.717, 1.165) is 21.0 Å². The van der Waals surface area contributed by atoms with Gasteiger partial charge in [-0.05, 0) is 36.1 Å². The minimum atomic E-state index is -0.151. The molecule has 1 amide bonds. The first-order chi connectivity index (χ1) is 13.1. The molecule has 3 heterocycles. The lowest BCUT2D eigenvalue weighted by Gasteiger charge is -2.02. The highest BCUT2D eigenvalue weighted by molar-refractivity contribution is 7.19. The Morgan fingerprint density at radius 3 is 2.78 bits per heavy atom. The van der Waals surface area contributed by atoms with Crippen LogP contribution in [0.2, 0.25) is 5.02 Å². The van der Waals surface area contributed by atoms with Crippen molar-refractivity contribution in [2.45, 2.75) is 13.3 Å². The summed E-state index contributed by atoms with van der Waals surface area (Å²) in [5.74, 6) is 0.787. The zero-order valence-electron chi connectivity index (χ0n) is 14.1. The number of thiophene rings is 1. The van der Waals surface area contributed by atoms with Gasteiger partial charge in [0.15, 0.2) is 5.13 Å². The fourth-order valence-corrected chi connectivity index (χ4v) is 4.10. The zero-order chi connectivity index (χ0) is 18.8. The standard InChI is InChI=1S/C18H13ClN4O2S2/c1-10-15(17-22-16(23-25-17)13-3-2-8-26-13)27-18(20-10)21-14(24)9-11-4-6-12(19)7-5-11/h2-8H,9H2,1H3,(H,20,21,24). The summed E-state index contributed by atoms with van der Waals surface area (Å²) in [6, 6.07) is 11.0. The van der Waals surface area contributed by atoms with Crippen molar-refractivity contribution < 1.29 is 9.32 Å². The van der Waals surface area contributed by atoms with Gasteiger partial charge >= 0.3 is 0 Å². The first-order valence-corrected chi connectivity index (χ1v) is 10.1. The van der Waals surface area contributed by atoms with Gasteiger partial charge in [0.2, 0.25) is 11.7 Å². The lowest BCUT2D eigenvalue weighted by Crippen LogP contribution is -2.14. The third kappa shape index (κ3) is 4.08. The van der Waals surface area contributed by atoms with E-state index in [4.69, 9.17) is 16.1 Å². The van der Waals surface area contributed by atoms with E-state index in [-0.39, 0.29) is 12.3 Å². The van der Waals surface area contributed by atoms with Crippen molar-refractivity contribution in [1.82, 2.24) is 15.1 Å². The molecule has 0 bridgehead atoms. The van der Waals surface area contributed by atoms with Crippen LogP contribution in [0.1, 0.15) is 11.3 Å². The molecule has 0 aliphatic heterocycles. The molecule has 0 aliphatic carbocycles. The normalized spacial score (nSPS) is 10.9. The molecule has 3 aromatic heterocycles.